The van der Waals surface area contributed by atoms with Crippen molar-refractivity contribution in [3.63, 3.8) is 0 Å². The Morgan fingerprint density at radius 2 is 2.07 bits per heavy atom. The number of epoxide rings is 1. The van der Waals surface area contributed by atoms with Gasteiger partial charge in [0.1, 0.15) is 18.5 Å². The van der Waals surface area contributed by atoms with Gasteiger partial charge in [-0.15, -0.1) is 0 Å². The largest absolute Gasteiger partial charge is 0.490 e. The van der Waals surface area contributed by atoms with Crippen LogP contribution in [0.1, 0.15) is 16.7 Å². The van der Waals surface area contributed by atoms with E-state index >= 15 is 0 Å². The maximum absolute atomic E-state index is 5.73. The molecule has 0 N–H and O–H groups in total. The third kappa shape index (κ3) is 2.34. The smallest absolute Gasteiger partial charge is 0.122 e. The average molecular weight is 271 g/mol. The zero-order valence-corrected chi connectivity index (χ0v) is 10.8. The second-order valence-corrected chi connectivity index (χ2v) is 4.81. The molecule has 1 atom stereocenters. The van der Waals surface area contributed by atoms with Crippen LogP contribution in [0.25, 0.3) is 0 Å². The zero-order chi connectivity index (χ0) is 11.0. The molecule has 0 amide bonds. The second-order valence-electron chi connectivity index (χ2n) is 4.02. The molecule has 1 saturated heterocycles. The Kier molecular flexibility index (Phi) is 3.03. The molecule has 82 valence electrons. The number of hydrogen-bond donors (Lipinski definition) is 0. The monoisotopic (exact) mass is 270 g/mol. The van der Waals surface area contributed by atoms with Crippen molar-refractivity contribution in [2.45, 2.75) is 26.9 Å². The molecule has 0 aliphatic carbocycles. The third-order valence-corrected chi connectivity index (χ3v) is 4.00. The highest BCUT2D eigenvalue weighted by Crippen LogP contribution is 2.31. The van der Waals surface area contributed by atoms with Gasteiger partial charge >= 0.3 is 0 Å². The molecule has 0 radical (unpaired) electrons. The van der Waals surface area contributed by atoms with Gasteiger partial charge in [-0.25, -0.2) is 0 Å². The molecule has 15 heavy (non-hydrogen) atoms. The van der Waals surface area contributed by atoms with Crippen LogP contribution in [-0.2, 0) is 4.74 Å². The molecular formula is C12H15BrO2. The second kappa shape index (κ2) is 4.14. The fourth-order valence-electron chi connectivity index (χ4n) is 1.51. The van der Waals surface area contributed by atoms with Gasteiger partial charge in [0.15, 0.2) is 0 Å². The van der Waals surface area contributed by atoms with Gasteiger partial charge in [-0.1, -0.05) is 15.9 Å². The van der Waals surface area contributed by atoms with E-state index in [0.29, 0.717) is 12.7 Å². The fourth-order valence-corrected chi connectivity index (χ4v) is 1.92. The van der Waals surface area contributed by atoms with Crippen molar-refractivity contribution in [1.82, 2.24) is 0 Å². The van der Waals surface area contributed by atoms with Gasteiger partial charge in [-0.2, -0.15) is 0 Å². The van der Waals surface area contributed by atoms with Crippen LogP contribution in [0.4, 0.5) is 0 Å². The van der Waals surface area contributed by atoms with Gasteiger partial charge in [0, 0.05) is 4.47 Å². The van der Waals surface area contributed by atoms with Crippen molar-refractivity contribution in [3.8, 4) is 5.75 Å². The Morgan fingerprint density at radius 1 is 1.40 bits per heavy atom. The van der Waals surface area contributed by atoms with Crippen molar-refractivity contribution >= 4 is 15.9 Å². The summed E-state index contributed by atoms with van der Waals surface area (Å²) in [5.41, 5.74) is 3.67. The molecule has 0 aromatic heterocycles. The molecular weight excluding hydrogens is 256 g/mol. The van der Waals surface area contributed by atoms with Crippen LogP contribution in [-0.4, -0.2) is 19.3 Å². The lowest BCUT2D eigenvalue weighted by atomic mass is 10.1. The highest BCUT2D eigenvalue weighted by molar-refractivity contribution is 9.10. The average Bonchev–Trinajstić information content (AvgIpc) is 3.02. The topological polar surface area (TPSA) is 21.8 Å². The van der Waals surface area contributed by atoms with Crippen molar-refractivity contribution in [3.05, 3.63) is 27.2 Å². The van der Waals surface area contributed by atoms with E-state index in [1.165, 1.54) is 21.2 Å². The zero-order valence-electron chi connectivity index (χ0n) is 9.26. The number of benzene rings is 1. The maximum Gasteiger partial charge on any atom is 0.122 e. The van der Waals surface area contributed by atoms with Gasteiger partial charge in [0.2, 0.25) is 0 Å². The molecule has 1 aliphatic heterocycles. The predicted molar refractivity (Wildman–Crippen MR) is 63.6 cm³/mol. The highest BCUT2D eigenvalue weighted by Gasteiger charge is 2.23. The lowest BCUT2D eigenvalue weighted by Gasteiger charge is -2.13. The summed E-state index contributed by atoms with van der Waals surface area (Å²) >= 11 is 3.58. The minimum Gasteiger partial charge on any atom is -0.490 e. The molecule has 0 spiro atoms. The Labute approximate surface area is 98.7 Å². The number of hydrogen-bond acceptors (Lipinski definition) is 2. The van der Waals surface area contributed by atoms with Crippen LogP contribution in [0, 0.1) is 20.8 Å². The SMILES string of the molecule is Cc1cc(OC[C@@H]2CO2)c(C)c(C)c1Br. The highest BCUT2D eigenvalue weighted by atomic mass is 79.9. The van der Waals surface area contributed by atoms with Crippen molar-refractivity contribution in [1.29, 1.82) is 0 Å². The van der Waals surface area contributed by atoms with Gasteiger partial charge in [-0.05, 0) is 43.5 Å². The third-order valence-electron chi connectivity index (χ3n) is 2.78. The van der Waals surface area contributed by atoms with Crippen LogP contribution >= 0.6 is 15.9 Å². The molecule has 0 bridgehead atoms. The van der Waals surface area contributed by atoms with E-state index in [4.69, 9.17) is 9.47 Å². The standard InChI is InChI=1S/C12H15BrO2/c1-7-4-11(15-6-10-5-14-10)8(2)9(3)12(7)13/h4,10H,5-6H2,1-3H3/t10-/m0/s1. The number of ether oxygens (including phenoxy) is 2. The molecule has 0 saturated carbocycles. The lowest BCUT2D eigenvalue weighted by Crippen LogP contribution is -2.06. The fraction of sp³-hybridized carbons (Fsp3) is 0.500. The normalized spacial score (nSPS) is 19.1. The van der Waals surface area contributed by atoms with Crippen LogP contribution in [0.5, 0.6) is 5.75 Å². The van der Waals surface area contributed by atoms with E-state index < -0.39 is 0 Å². The van der Waals surface area contributed by atoms with Crippen LogP contribution in [0.3, 0.4) is 0 Å². The molecule has 1 fully saturated rings. The van der Waals surface area contributed by atoms with E-state index in [1.54, 1.807) is 0 Å². The van der Waals surface area contributed by atoms with E-state index in [-0.39, 0.29) is 0 Å². The Hall–Kier alpha value is -0.540. The summed E-state index contributed by atoms with van der Waals surface area (Å²) in [5, 5.41) is 0. The summed E-state index contributed by atoms with van der Waals surface area (Å²) in [7, 11) is 0. The summed E-state index contributed by atoms with van der Waals surface area (Å²) in [6.45, 7) is 7.78. The molecule has 3 heteroatoms. The first kappa shape index (κ1) is 11.0. The van der Waals surface area contributed by atoms with Gasteiger partial charge in [0.05, 0.1) is 6.61 Å². The van der Waals surface area contributed by atoms with Crippen molar-refractivity contribution < 1.29 is 9.47 Å². The molecule has 2 rings (SSSR count). The predicted octanol–water partition coefficient (Wildman–Crippen LogP) is 3.15. The molecule has 1 aliphatic rings. The summed E-state index contributed by atoms with van der Waals surface area (Å²) < 4.78 is 12.0. The van der Waals surface area contributed by atoms with E-state index in [9.17, 15) is 0 Å². The molecule has 2 nitrogen and oxygen atoms in total. The Balaban J connectivity index is 2.21. The molecule has 1 aromatic carbocycles. The quantitative estimate of drug-likeness (QED) is 0.788. The summed E-state index contributed by atoms with van der Waals surface area (Å²) in [6, 6.07) is 2.08. The first-order valence-electron chi connectivity index (χ1n) is 5.10. The molecule has 1 heterocycles. The first-order chi connectivity index (χ1) is 7.09. The van der Waals surface area contributed by atoms with E-state index in [2.05, 4.69) is 42.8 Å². The van der Waals surface area contributed by atoms with Crippen molar-refractivity contribution in [2.75, 3.05) is 13.2 Å². The lowest BCUT2D eigenvalue weighted by molar-refractivity contribution is 0.261. The first-order valence-corrected chi connectivity index (χ1v) is 5.89. The van der Waals surface area contributed by atoms with Gasteiger partial charge < -0.3 is 9.47 Å². The van der Waals surface area contributed by atoms with Gasteiger partial charge in [-0.3, -0.25) is 0 Å². The summed E-state index contributed by atoms with van der Waals surface area (Å²) in [4.78, 5) is 0. The van der Waals surface area contributed by atoms with Crippen molar-refractivity contribution in [2.24, 2.45) is 0 Å². The van der Waals surface area contributed by atoms with Gasteiger partial charge in [0.25, 0.3) is 0 Å². The van der Waals surface area contributed by atoms with E-state index in [0.717, 1.165) is 12.4 Å². The van der Waals surface area contributed by atoms with Crippen LogP contribution < -0.4 is 4.74 Å². The Bertz CT molecular complexity index is 384. The van der Waals surface area contributed by atoms with Crippen LogP contribution in [0.2, 0.25) is 0 Å². The molecule has 1 aromatic rings. The van der Waals surface area contributed by atoms with E-state index in [1.807, 2.05) is 0 Å². The molecule has 0 unspecified atom stereocenters. The van der Waals surface area contributed by atoms with Crippen LogP contribution in [0.15, 0.2) is 10.5 Å². The minimum absolute atomic E-state index is 0.314. The number of rotatable bonds is 3. The number of halogens is 1. The summed E-state index contributed by atoms with van der Waals surface area (Å²) in [5.74, 6) is 0.976. The summed E-state index contributed by atoms with van der Waals surface area (Å²) in [6.07, 6.45) is 0.314. The Morgan fingerprint density at radius 3 is 2.67 bits per heavy atom. The number of aryl methyl sites for hydroxylation is 1. The minimum atomic E-state index is 0.314. The maximum atomic E-state index is 5.73.